The molecule has 24 heavy (non-hydrogen) atoms. The van der Waals surface area contributed by atoms with Gasteiger partial charge in [-0.05, 0) is 44.7 Å². The van der Waals surface area contributed by atoms with E-state index in [1.165, 1.54) is 33.0 Å². The van der Waals surface area contributed by atoms with Crippen molar-refractivity contribution in [2.24, 2.45) is 0 Å². The van der Waals surface area contributed by atoms with Gasteiger partial charge in [0.25, 0.3) is 0 Å². The predicted octanol–water partition coefficient (Wildman–Crippen LogP) is 6.82. The molecule has 0 aliphatic rings. The van der Waals surface area contributed by atoms with E-state index in [0.29, 0.717) is 0 Å². The fourth-order valence-electron chi connectivity index (χ4n) is 3.24. The second kappa shape index (κ2) is 6.17. The number of benzene rings is 4. The van der Waals surface area contributed by atoms with E-state index in [0.717, 1.165) is 5.56 Å². The normalized spacial score (nSPS) is 10.7. The molecule has 0 atom stereocenters. The maximum Gasteiger partial charge on any atom is -0.00932 e. The first kappa shape index (κ1) is 14.5. The van der Waals surface area contributed by atoms with Crippen LogP contribution in [0.25, 0.3) is 39.1 Å². The van der Waals surface area contributed by atoms with Crippen LogP contribution < -0.4 is 0 Å². The molecule has 0 aliphatic heterocycles. The summed E-state index contributed by atoms with van der Waals surface area (Å²) < 4.78 is 0. The molecule has 0 aromatic heterocycles. The van der Waals surface area contributed by atoms with Gasteiger partial charge in [0.2, 0.25) is 0 Å². The molecule has 114 valence electrons. The highest BCUT2D eigenvalue weighted by Gasteiger charge is 2.10. The molecule has 0 bridgehead atoms. The zero-order chi connectivity index (χ0) is 16.4. The van der Waals surface area contributed by atoms with Crippen molar-refractivity contribution < 1.29 is 0 Å². The number of hydrogen-bond donors (Lipinski definition) is 0. The van der Waals surface area contributed by atoms with Gasteiger partial charge in [-0.1, -0.05) is 97.6 Å². The summed E-state index contributed by atoms with van der Waals surface area (Å²) in [5, 5.41) is 2.54. The van der Waals surface area contributed by atoms with E-state index in [9.17, 15) is 0 Å². The molecule has 0 fully saturated rings. The standard InChI is InChI=1S/C24H18/c1-2-18-15-16-22(19-9-4-3-5-10-19)24(17-18)23-14-8-12-20-11-6-7-13-21(20)23/h2-17H,1H2. The van der Waals surface area contributed by atoms with Crippen LogP contribution in [0.1, 0.15) is 5.56 Å². The summed E-state index contributed by atoms with van der Waals surface area (Å²) in [6.45, 7) is 3.93. The Labute approximate surface area is 142 Å². The van der Waals surface area contributed by atoms with Gasteiger partial charge < -0.3 is 0 Å². The van der Waals surface area contributed by atoms with Gasteiger partial charge in [-0.15, -0.1) is 0 Å². The Hall–Kier alpha value is -3.12. The van der Waals surface area contributed by atoms with E-state index in [-0.39, 0.29) is 0 Å². The highest BCUT2D eigenvalue weighted by molar-refractivity contribution is 6.00. The van der Waals surface area contributed by atoms with Crippen molar-refractivity contribution in [1.29, 1.82) is 0 Å². The third-order valence-corrected chi connectivity index (χ3v) is 4.44. The van der Waals surface area contributed by atoms with E-state index in [1.54, 1.807) is 0 Å². The summed E-state index contributed by atoms with van der Waals surface area (Å²) in [6, 6.07) is 32.2. The molecule has 0 heterocycles. The summed E-state index contributed by atoms with van der Waals surface area (Å²) in [4.78, 5) is 0. The van der Waals surface area contributed by atoms with Crippen molar-refractivity contribution in [3.63, 3.8) is 0 Å². The van der Waals surface area contributed by atoms with Crippen LogP contribution in [0.2, 0.25) is 0 Å². The molecule has 0 saturated heterocycles. The average Bonchev–Trinajstić information content (AvgIpc) is 2.68. The summed E-state index contributed by atoms with van der Waals surface area (Å²) in [7, 11) is 0. The zero-order valence-electron chi connectivity index (χ0n) is 13.4. The molecular weight excluding hydrogens is 288 g/mol. The highest BCUT2D eigenvalue weighted by atomic mass is 14.1. The van der Waals surface area contributed by atoms with Crippen LogP contribution in [0.5, 0.6) is 0 Å². The lowest BCUT2D eigenvalue weighted by molar-refractivity contribution is 1.58. The van der Waals surface area contributed by atoms with Gasteiger partial charge in [0.1, 0.15) is 0 Å². The molecule has 0 nitrogen and oxygen atoms in total. The third-order valence-electron chi connectivity index (χ3n) is 4.44. The maximum atomic E-state index is 3.93. The van der Waals surface area contributed by atoms with Gasteiger partial charge in [-0.2, -0.15) is 0 Å². The van der Waals surface area contributed by atoms with Gasteiger partial charge in [-0.3, -0.25) is 0 Å². The Morgan fingerprint density at radius 1 is 0.583 bits per heavy atom. The summed E-state index contributed by atoms with van der Waals surface area (Å²) in [6.07, 6.45) is 1.91. The number of rotatable bonds is 3. The van der Waals surface area contributed by atoms with Crippen LogP contribution in [0, 0.1) is 0 Å². The second-order valence-electron chi connectivity index (χ2n) is 5.90. The molecule has 0 heteroatoms. The van der Waals surface area contributed by atoms with Crippen molar-refractivity contribution >= 4 is 16.8 Å². The molecule has 0 N–H and O–H groups in total. The SMILES string of the molecule is C=Cc1ccc(-c2ccccc2)c(-c2cccc3ccccc23)c1. The van der Waals surface area contributed by atoms with Crippen molar-refractivity contribution in [3.8, 4) is 22.3 Å². The minimum absolute atomic E-state index is 1.14. The molecule has 0 aliphatic carbocycles. The second-order valence-corrected chi connectivity index (χ2v) is 5.90. The number of fused-ring (bicyclic) bond motifs is 1. The van der Waals surface area contributed by atoms with Gasteiger partial charge in [-0.25, -0.2) is 0 Å². The van der Waals surface area contributed by atoms with Crippen molar-refractivity contribution in [3.05, 3.63) is 103 Å². The lowest BCUT2D eigenvalue weighted by Gasteiger charge is -2.14. The van der Waals surface area contributed by atoms with Gasteiger partial charge in [0, 0.05) is 0 Å². The quantitative estimate of drug-likeness (QED) is 0.389. The third kappa shape index (κ3) is 2.53. The van der Waals surface area contributed by atoms with Crippen molar-refractivity contribution in [2.75, 3.05) is 0 Å². The Morgan fingerprint density at radius 2 is 1.33 bits per heavy atom. The zero-order valence-corrected chi connectivity index (χ0v) is 13.4. The molecule has 0 radical (unpaired) electrons. The Kier molecular flexibility index (Phi) is 3.72. The van der Waals surface area contributed by atoms with Crippen LogP contribution >= 0.6 is 0 Å². The summed E-state index contributed by atoms with van der Waals surface area (Å²) in [5.41, 5.74) is 6.12. The fourth-order valence-corrected chi connectivity index (χ4v) is 3.24. The van der Waals surface area contributed by atoms with Crippen LogP contribution in [-0.4, -0.2) is 0 Å². The molecule has 0 unspecified atom stereocenters. The largest absolute Gasteiger partial charge is 0.0985 e. The molecule has 0 amide bonds. The average molecular weight is 306 g/mol. The molecule has 0 saturated carbocycles. The smallest absolute Gasteiger partial charge is 0.00932 e. The van der Waals surface area contributed by atoms with E-state index in [2.05, 4.69) is 97.6 Å². The fraction of sp³-hybridized carbons (Fsp3) is 0. The van der Waals surface area contributed by atoms with Crippen molar-refractivity contribution in [2.45, 2.75) is 0 Å². The Bertz CT molecular complexity index is 1010. The van der Waals surface area contributed by atoms with Crippen LogP contribution in [0.4, 0.5) is 0 Å². The van der Waals surface area contributed by atoms with Gasteiger partial charge in [0.15, 0.2) is 0 Å². The minimum Gasteiger partial charge on any atom is -0.0985 e. The first-order valence-corrected chi connectivity index (χ1v) is 8.17. The minimum atomic E-state index is 1.14. The molecule has 4 aromatic carbocycles. The van der Waals surface area contributed by atoms with Gasteiger partial charge in [0.05, 0.1) is 0 Å². The molecular formula is C24H18. The first-order chi connectivity index (χ1) is 11.9. The van der Waals surface area contributed by atoms with E-state index >= 15 is 0 Å². The summed E-state index contributed by atoms with van der Waals surface area (Å²) >= 11 is 0. The van der Waals surface area contributed by atoms with Crippen LogP contribution in [-0.2, 0) is 0 Å². The Morgan fingerprint density at radius 3 is 2.17 bits per heavy atom. The molecule has 0 spiro atoms. The van der Waals surface area contributed by atoms with E-state index in [4.69, 9.17) is 0 Å². The van der Waals surface area contributed by atoms with E-state index in [1.807, 2.05) is 6.08 Å². The Balaban J connectivity index is 2.04. The van der Waals surface area contributed by atoms with E-state index < -0.39 is 0 Å². The van der Waals surface area contributed by atoms with Crippen LogP contribution in [0.15, 0.2) is 97.6 Å². The topological polar surface area (TPSA) is 0 Å². The first-order valence-electron chi connectivity index (χ1n) is 8.17. The van der Waals surface area contributed by atoms with Crippen molar-refractivity contribution in [1.82, 2.24) is 0 Å². The molecule has 4 rings (SSSR count). The lowest BCUT2D eigenvalue weighted by Crippen LogP contribution is -1.88. The van der Waals surface area contributed by atoms with Crippen LogP contribution in [0.3, 0.4) is 0 Å². The number of hydrogen-bond acceptors (Lipinski definition) is 0. The summed E-state index contributed by atoms with van der Waals surface area (Å²) in [5.74, 6) is 0. The highest BCUT2D eigenvalue weighted by Crippen LogP contribution is 2.36. The maximum absolute atomic E-state index is 3.93. The monoisotopic (exact) mass is 306 g/mol. The lowest BCUT2D eigenvalue weighted by atomic mass is 9.90. The molecule has 4 aromatic rings. The van der Waals surface area contributed by atoms with Gasteiger partial charge >= 0.3 is 0 Å². The predicted molar refractivity (Wildman–Crippen MR) is 105 cm³/mol.